The number of nitrogens with one attached hydrogen (secondary N) is 2. The van der Waals surface area contributed by atoms with Crippen molar-refractivity contribution in [3.8, 4) is 5.75 Å². The van der Waals surface area contributed by atoms with Crippen LogP contribution in [0.5, 0.6) is 5.75 Å². The second-order valence-corrected chi connectivity index (χ2v) is 6.22. The van der Waals surface area contributed by atoms with E-state index in [1.807, 2.05) is 0 Å². The van der Waals surface area contributed by atoms with Crippen LogP contribution < -0.4 is 10.6 Å². The van der Waals surface area contributed by atoms with Gasteiger partial charge >= 0.3 is 6.03 Å². The summed E-state index contributed by atoms with van der Waals surface area (Å²) in [6.07, 6.45) is 0. The Balaban J connectivity index is 2.63. The molecule has 1 atom stereocenters. The summed E-state index contributed by atoms with van der Waals surface area (Å²) < 4.78 is 1.21. The van der Waals surface area contributed by atoms with Crippen molar-refractivity contribution in [2.75, 3.05) is 0 Å². The maximum atomic E-state index is 11.8. The van der Waals surface area contributed by atoms with Crippen LogP contribution in [0.3, 0.4) is 0 Å². The van der Waals surface area contributed by atoms with Gasteiger partial charge in [0.1, 0.15) is 5.75 Å². The lowest BCUT2D eigenvalue weighted by molar-refractivity contribution is -0.114. The Hall–Kier alpha value is -1.34. The van der Waals surface area contributed by atoms with Gasteiger partial charge in [0, 0.05) is 21.3 Å². The largest absolute Gasteiger partial charge is 0.506 e. The Labute approximate surface area is 132 Å². The summed E-state index contributed by atoms with van der Waals surface area (Å²) in [5, 5.41) is 15.4. The minimum absolute atomic E-state index is 0.00745. The lowest BCUT2D eigenvalue weighted by Crippen LogP contribution is -2.44. The molecule has 0 saturated carbocycles. The number of phenolic OH excluding ortho intramolecular Hbond substituents is 1. The summed E-state index contributed by atoms with van der Waals surface area (Å²) in [5.41, 5.74) is 1.36. The number of ketones is 1. The molecule has 1 aromatic rings. The van der Waals surface area contributed by atoms with Crippen molar-refractivity contribution in [2.45, 2.75) is 19.9 Å². The van der Waals surface area contributed by atoms with Crippen molar-refractivity contribution in [2.24, 2.45) is 0 Å². The van der Waals surface area contributed by atoms with Crippen LogP contribution in [0.25, 0.3) is 0 Å². The summed E-state index contributed by atoms with van der Waals surface area (Å²) in [4.78, 5) is 23.5. The number of allylic oxidation sites excluding steroid dienone is 1. The first-order valence-electron chi connectivity index (χ1n) is 5.78. The fourth-order valence-electron chi connectivity index (χ4n) is 2.20. The predicted molar refractivity (Wildman–Crippen MR) is 81.3 cm³/mol. The quantitative estimate of drug-likeness (QED) is 0.709. The summed E-state index contributed by atoms with van der Waals surface area (Å²) >= 11 is 6.57. The number of hydrogen-bond acceptors (Lipinski definition) is 3. The number of urea groups is 1. The Kier molecular flexibility index (Phi) is 4.19. The maximum Gasteiger partial charge on any atom is 0.319 e. The number of hydrogen-bond donors (Lipinski definition) is 3. The minimum Gasteiger partial charge on any atom is -0.506 e. The molecule has 0 unspecified atom stereocenters. The van der Waals surface area contributed by atoms with E-state index >= 15 is 0 Å². The third-order valence-corrected chi connectivity index (χ3v) is 4.08. The molecule has 1 aliphatic heterocycles. The van der Waals surface area contributed by atoms with Gasteiger partial charge in [-0.1, -0.05) is 15.9 Å². The van der Waals surface area contributed by atoms with Gasteiger partial charge < -0.3 is 15.7 Å². The molecule has 0 saturated heterocycles. The molecule has 0 bridgehead atoms. The van der Waals surface area contributed by atoms with Gasteiger partial charge in [-0.25, -0.2) is 4.79 Å². The van der Waals surface area contributed by atoms with Gasteiger partial charge in [-0.3, -0.25) is 4.79 Å². The number of carbonyl (C=O) groups is 2. The number of rotatable bonds is 2. The van der Waals surface area contributed by atoms with Crippen molar-refractivity contribution in [1.82, 2.24) is 10.6 Å². The second-order valence-electron chi connectivity index (χ2n) is 4.45. The zero-order chi connectivity index (χ0) is 15.0. The molecule has 1 heterocycles. The summed E-state index contributed by atoms with van der Waals surface area (Å²) in [5.74, 6) is -0.178. The van der Waals surface area contributed by atoms with Crippen molar-refractivity contribution in [3.63, 3.8) is 0 Å². The topological polar surface area (TPSA) is 78.4 Å². The Bertz CT molecular complexity index is 641. The summed E-state index contributed by atoms with van der Waals surface area (Å²) in [6, 6.07) is 2.27. The summed E-state index contributed by atoms with van der Waals surface area (Å²) in [7, 11) is 0. The van der Waals surface area contributed by atoms with E-state index in [9.17, 15) is 14.7 Å². The average molecular weight is 404 g/mol. The molecule has 20 heavy (non-hydrogen) atoms. The van der Waals surface area contributed by atoms with E-state index in [0.717, 1.165) is 4.47 Å². The lowest BCUT2D eigenvalue weighted by atomic mass is 9.92. The number of aromatic hydroxyl groups is 1. The molecule has 2 rings (SSSR count). The van der Waals surface area contributed by atoms with Gasteiger partial charge in [-0.05, 0) is 41.9 Å². The smallest absolute Gasteiger partial charge is 0.319 e. The molecule has 7 heteroatoms. The highest BCUT2D eigenvalue weighted by atomic mass is 79.9. The van der Waals surface area contributed by atoms with E-state index in [1.54, 1.807) is 19.1 Å². The Morgan fingerprint density at radius 2 is 2.00 bits per heavy atom. The van der Waals surface area contributed by atoms with E-state index in [-0.39, 0.29) is 11.5 Å². The van der Waals surface area contributed by atoms with Crippen LogP contribution in [0.15, 0.2) is 32.3 Å². The number of carbonyl (C=O) groups excluding carboxylic acids is 2. The zero-order valence-corrected chi connectivity index (χ0v) is 13.9. The third kappa shape index (κ3) is 2.73. The molecule has 1 aromatic carbocycles. The van der Waals surface area contributed by atoms with Crippen molar-refractivity contribution >= 4 is 43.7 Å². The first kappa shape index (κ1) is 15.1. The van der Waals surface area contributed by atoms with Crippen molar-refractivity contribution in [3.05, 3.63) is 37.9 Å². The van der Waals surface area contributed by atoms with Crippen LogP contribution in [0.1, 0.15) is 25.5 Å². The molecule has 0 fully saturated rings. The van der Waals surface area contributed by atoms with Gasteiger partial charge in [0.15, 0.2) is 5.78 Å². The molecule has 0 aliphatic carbocycles. The highest BCUT2D eigenvalue weighted by Crippen LogP contribution is 2.39. The van der Waals surface area contributed by atoms with Crippen LogP contribution in [0.4, 0.5) is 4.79 Å². The number of phenols is 1. The first-order valence-corrected chi connectivity index (χ1v) is 7.37. The fraction of sp³-hybridized carbons (Fsp3) is 0.231. The van der Waals surface area contributed by atoms with Gasteiger partial charge in [-0.15, -0.1) is 0 Å². The first-order chi connectivity index (χ1) is 9.31. The van der Waals surface area contributed by atoms with E-state index in [1.165, 1.54) is 6.92 Å². The maximum absolute atomic E-state index is 11.8. The molecule has 2 amide bonds. The molecule has 0 radical (unpaired) electrons. The average Bonchev–Trinajstić information content (AvgIpc) is 2.32. The molecule has 0 spiro atoms. The van der Waals surface area contributed by atoms with Crippen LogP contribution in [-0.4, -0.2) is 16.9 Å². The normalized spacial score (nSPS) is 18.6. The Morgan fingerprint density at radius 1 is 1.35 bits per heavy atom. The number of halogens is 2. The molecular formula is C13H12Br2N2O3. The Morgan fingerprint density at radius 3 is 2.60 bits per heavy atom. The van der Waals surface area contributed by atoms with Crippen LogP contribution in [0, 0.1) is 0 Å². The van der Waals surface area contributed by atoms with E-state index < -0.39 is 12.1 Å². The molecule has 0 aromatic heterocycles. The van der Waals surface area contributed by atoms with Gasteiger partial charge in [0.2, 0.25) is 0 Å². The van der Waals surface area contributed by atoms with E-state index in [4.69, 9.17) is 0 Å². The molecular weight excluding hydrogens is 392 g/mol. The number of amides is 2. The highest BCUT2D eigenvalue weighted by Gasteiger charge is 2.31. The molecule has 106 valence electrons. The minimum atomic E-state index is -0.685. The monoisotopic (exact) mass is 402 g/mol. The number of Topliss-reactive ketones (excluding diaryl/α,β-unsaturated/α-hetero) is 1. The zero-order valence-electron chi connectivity index (χ0n) is 10.8. The van der Waals surface area contributed by atoms with Crippen molar-refractivity contribution in [1.29, 1.82) is 0 Å². The van der Waals surface area contributed by atoms with Gasteiger partial charge in [0.25, 0.3) is 0 Å². The standard InChI is InChI=1S/C13H12Br2N2O3/c1-5-10(6(2)18)11(17-13(20)16-5)8-3-7(14)4-9(15)12(8)19/h3-4,11,19H,1-2H3,(H2,16,17,20)/t11-/m1/s1. The SMILES string of the molecule is CC(=O)C1=C(C)NC(=O)N[C@@H]1c1cc(Br)cc(Br)c1O. The number of benzene rings is 1. The van der Waals surface area contributed by atoms with E-state index in [2.05, 4.69) is 42.5 Å². The molecule has 3 N–H and O–H groups in total. The van der Waals surface area contributed by atoms with Gasteiger partial charge in [0.05, 0.1) is 10.5 Å². The van der Waals surface area contributed by atoms with Gasteiger partial charge in [-0.2, -0.15) is 0 Å². The molecule has 5 nitrogen and oxygen atoms in total. The lowest BCUT2D eigenvalue weighted by Gasteiger charge is -2.28. The van der Waals surface area contributed by atoms with Crippen molar-refractivity contribution < 1.29 is 14.7 Å². The van der Waals surface area contributed by atoms with Crippen LogP contribution in [0.2, 0.25) is 0 Å². The summed E-state index contributed by atoms with van der Waals surface area (Å²) in [6.45, 7) is 3.08. The third-order valence-electron chi connectivity index (χ3n) is 3.02. The molecule has 1 aliphatic rings. The van der Waals surface area contributed by atoms with Crippen LogP contribution in [-0.2, 0) is 4.79 Å². The fourth-order valence-corrected chi connectivity index (χ4v) is 3.46. The van der Waals surface area contributed by atoms with Crippen LogP contribution >= 0.6 is 31.9 Å². The predicted octanol–water partition coefficient (Wildman–Crippen LogP) is 3.13. The van der Waals surface area contributed by atoms with E-state index in [0.29, 0.717) is 21.3 Å². The second kappa shape index (κ2) is 5.57. The highest BCUT2D eigenvalue weighted by molar-refractivity contribution is 9.11.